The van der Waals surface area contributed by atoms with Gasteiger partial charge in [0.15, 0.2) is 12.0 Å². The van der Waals surface area contributed by atoms with Crippen molar-refractivity contribution in [2.24, 2.45) is 39.9 Å². The Morgan fingerprint density at radius 1 is 1.16 bits per heavy atom. The molecule has 0 aromatic carbocycles. The van der Waals surface area contributed by atoms with E-state index in [9.17, 15) is 15.3 Å². The second kappa shape index (κ2) is 8.89. The Labute approximate surface area is 229 Å². The van der Waals surface area contributed by atoms with E-state index in [-0.39, 0.29) is 46.5 Å². The lowest BCUT2D eigenvalue weighted by Gasteiger charge is -2.55. The molecule has 0 bridgehead atoms. The molecule has 0 aromatic heterocycles. The van der Waals surface area contributed by atoms with Crippen LogP contribution in [0.1, 0.15) is 106 Å². The molecule has 0 aromatic rings. The fourth-order valence-corrected chi connectivity index (χ4v) is 11.0. The minimum absolute atomic E-state index is 0.0435. The van der Waals surface area contributed by atoms with Crippen molar-refractivity contribution in [3.8, 4) is 6.07 Å². The predicted octanol–water partition coefficient (Wildman–Crippen LogP) is 5.18. The molecule has 2 aliphatic heterocycles. The Morgan fingerprint density at radius 2 is 1.92 bits per heavy atom. The molecule has 0 amide bonds. The van der Waals surface area contributed by atoms with Crippen LogP contribution in [-0.2, 0) is 9.47 Å². The van der Waals surface area contributed by atoms with E-state index in [1.54, 1.807) is 13.8 Å². The van der Waals surface area contributed by atoms with Gasteiger partial charge >= 0.3 is 5.54 Å². The summed E-state index contributed by atoms with van der Waals surface area (Å²) in [5.41, 5.74) is -0.863. The molecule has 5 fully saturated rings. The molecule has 6 nitrogen and oxygen atoms in total. The highest BCUT2D eigenvalue weighted by molar-refractivity contribution is 5.36. The minimum Gasteiger partial charge on any atom is -0.393 e. The van der Waals surface area contributed by atoms with Crippen molar-refractivity contribution >= 4 is 0 Å². The SMILES string of the molecule is CCCCC12CC13CCC(O)C(C)(C)C3CCC2C1CC23[N+]#CC2CC(C(OCC)C(C)(C)O)OC3C1O. The molecule has 1 saturated heterocycles. The smallest absolute Gasteiger partial charge is 0.329 e. The third kappa shape index (κ3) is 3.54. The number of hydrogen-bond acceptors (Lipinski definition) is 5. The summed E-state index contributed by atoms with van der Waals surface area (Å²) in [6.07, 6.45) is 9.01. The first-order valence-electron chi connectivity index (χ1n) is 15.7. The van der Waals surface area contributed by atoms with Gasteiger partial charge in [0.05, 0.1) is 23.9 Å². The molecule has 4 aliphatic carbocycles. The highest BCUT2D eigenvalue weighted by atomic mass is 16.6. The number of aliphatic hydroxyl groups is 3. The summed E-state index contributed by atoms with van der Waals surface area (Å²) in [4.78, 5) is 4.85. The predicted molar refractivity (Wildman–Crippen MR) is 147 cm³/mol. The van der Waals surface area contributed by atoms with Crippen LogP contribution in [0.4, 0.5) is 0 Å². The summed E-state index contributed by atoms with van der Waals surface area (Å²) < 4.78 is 12.7. The number of hydrogen-bond donors (Lipinski definition) is 3. The van der Waals surface area contributed by atoms with Crippen LogP contribution in [-0.4, -0.2) is 63.6 Å². The fraction of sp³-hybridized carbons (Fsp3) is 0.969. The van der Waals surface area contributed by atoms with Crippen LogP contribution >= 0.6 is 0 Å². The molecular weight excluding hydrogens is 478 g/mol. The van der Waals surface area contributed by atoms with Gasteiger partial charge in [-0.1, -0.05) is 38.5 Å². The summed E-state index contributed by atoms with van der Waals surface area (Å²) in [6, 6.07) is 3.33. The van der Waals surface area contributed by atoms with Gasteiger partial charge in [-0.3, -0.25) is 0 Å². The average Bonchev–Trinajstić information content (AvgIpc) is 3.42. The summed E-state index contributed by atoms with van der Waals surface area (Å²) >= 11 is 0. The van der Waals surface area contributed by atoms with Gasteiger partial charge in [0.25, 0.3) is 6.07 Å². The first-order chi connectivity index (χ1) is 17.9. The van der Waals surface area contributed by atoms with Crippen LogP contribution in [0.2, 0.25) is 0 Å². The first kappa shape index (κ1) is 27.5. The van der Waals surface area contributed by atoms with Crippen molar-refractivity contribution < 1.29 is 24.8 Å². The van der Waals surface area contributed by atoms with Gasteiger partial charge in [-0.05, 0) is 93.3 Å². The quantitative estimate of drug-likeness (QED) is 0.403. The van der Waals surface area contributed by atoms with E-state index in [1.807, 2.05) is 6.92 Å². The molecule has 2 heterocycles. The molecule has 6 aliphatic rings. The Bertz CT molecular complexity index is 996. The number of nitrogens with zero attached hydrogens (tertiary/aromatic N) is 1. The third-order valence-corrected chi connectivity index (χ3v) is 12.8. The lowest BCUT2D eigenvalue weighted by molar-refractivity contribution is -0.210. The Hall–Kier alpha value is -0.710. The zero-order valence-electron chi connectivity index (χ0n) is 24.6. The second-order valence-corrected chi connectivity index (χ2v) is 15.2. The monoisotopic (exact) mass is 530 g/mol. The third-order valence-electron chi connectivity index (χ3n) is 12.8. The number of rotatable bonds is 8. The molecule has 12 atom stereocenters. The molecule has 12 unspecified atom stereocenters. The standard InChI is InChI=1S/C32H52NO5/c1-7-9-13-30-18-31(30)14-12-24(34)28(3,4)23(31)11-10-21(30)20-16-32-19(17-33-32)15-22(38-27(32)25(20)35)26(37-8-2)29(5,6)36/h19-27,34-36H,7-16,18H2,1-6H3/q+1. The normalized spacial score (nSPS) is 50.9. The number of unbranched alkanes of at least 4 members (excludes halogenated alkanes) is 1. The second-order valence-electron chi connectivity index (χ2n) is 15.2. The van der Waals surface area contributed by atoms with Crippen molar-refractivity contribution in [3.63, 3.8) is 0 Å². The maximum Gasteiger partial charge on any atom is 0.329 e. The van der Waals surface area contributed by atoms with Gasteiger partial charge in [0.1, 0.15) is 6.10 Å². The van der Waals surface area contributed by atoms with Crippen LogP contribution in [0, 0.1) is 46.0 Å². The fourth-order valence-electron chi connectivity index (χ4n) is 11.0. The zero-order valence-corrected chi connectivity index (χ0v) is 24.6. The average molecular weight is 531 g/mol. The lowest BCUT2D eigenvalue weighted by Crippen LogP contribution is -2.61. The maximum atomic E-state index is 12.0. The molecule has 6 heteroatoms. The highest BCUT2D eigenvalue weighted by Gasteiger charge is 2.81. The van der Waals surface area contributed by atoms with Gasteiger partial charge in [-0.25, -0.2) is 0 Å². The lowest BCUT2D eigenvalue weighted by atomic mass is 9.50. The minimum atomic E-state index is -1.04. The molecule has 6 rings (SSSR count). The van der Waals surface area contributed by atoms with Gasteiger partial charge in [0, 0.05) is 19.4 Å². The Kier molecular flexibility index (Phi) is 6.43. The Morgan fingerprint density at radius 3 is 2.55 bits per heavy atom. The van der Waals surface area contributed by atoms with E-state index < -0.39 is 17.8 Å². The summed E-state index contributed by atoms with van der Waals surface area (Å²) in [6.45, 7) is 12.9. The number of ether oxygens (including phenoxy) is 2. The molecule has 2 spiro atoms. The molecule has 38 heavy (non-hydrogen) atoms. The van der Waals surface area contributed by atoms with E-state index in [4.69, 9.17) is 14.3 Å². The van der Waals surface area contributed by atoms with E-state index >= 15 is 0 Å². The van der Waals surface area contributed by atoms with Crippen LogP contribution in [0.3, 0.4) is 0 Å². The van der Waals surface area contributed by atoms with Gasteiger partial charge in [0.2, 0.25) is 0 Å². The van der Waals surface area contributed by atoms with Crippen LogP contribution in [0.15, 0.2) is 0 Å². The van der Waals surface area contributed by atoms with Crippen molar-refractivity contribution in [3.05, 3.63) is 4.85 Å². The zero-order chi connectivity index (χ0) is 27.3. The van der Waals surface area contributed by atoms with Gasteiger partial charge in [-0.15, -0.1) is 0 Å². The molecule has 4 saturated carbocycles. The highest BCUT2D eigenvalue weighted by Crippen LogP contribution is 2.84. The topological polar surface area (TPSA) is 83.5 Å². The van der Waals surface area contributed by atoms with Gasteiger partial charge in [-0.2, -0.15) is 0 Å². The molecular formula is C32H52NO5+. The molecule has 3 N–H and O–H groups in total. The molecule has 214 valence electrons. The number of aliphatic hydroxyl groups excluding tert-OH is 2. The van der Waals surface area contributed by atoms with Crippen LogP contribution in [0.25, 0.3) is 4.85 Å². The maximum absolute atomic E-state index is 12.0. The van der Waals surface area contributed by atoms with Gasteiger partial charge < -0.3 is 24.8 Å². The largest absolute Gasteiger partial charge is 0.393 e. The van der Waals surface area contributed by atoms with E-state index in [0.29, 0.717) is 23.9 Å². The van der Waals surface area contributed by atoms with Crippen LogP contribution < -0.4 is 0 Å². The van der Waals surface area contributed by atoms with Crippen molar-refractivity contribution in [1.82, 2.24) is 0 Å². The first-order valence-corrected chi connectivity index (χ1v) is 15.7. The van der Waals surface area contributed by atoms with Crippen molar-refractivity contribution in [2.45, 2.75) is 147 Å². The summed E-state index contributed by atoms with van der Waals surface area (Å²) in [7, 11) is 0. The summed E-state index contributed by atoms with van der Waals surface area (Å²) in [5, 5.41) is 33.9. The van der Waals surface area contributed by atoms with E-state index in [0.717, 1.165) is 38.5 Å². The van der Waals surface area contributed by atoms with Crippen molar-refractivity contribution in [1.29, 1.82) is 0 Å². The molecule has 0 radical (unpaired) electrons. The Balaban J connectivity index is 1.30. The summed E-state index contributed by atoms with van der Waals surface area (Å²) in [5.74, 6) is 1.36. The van der Waals surface area contributed by atoms with Crippen LogP contribution in [0.5, 0.6) is 0 Å². The van der Waals surface area contributed by atoms with Crippen molar-refractivity contribution in [2.75, 3.05) is 6.61 Å². The van der Waals surface area contributed by atoms with E-state index in [2.05, 4.69) is 26.8 Å². The van der Waals surface area contributed by atoms with E-state index in [1.165, 1.54) is 25.7 Å².